The van der Waals surface area contributed by atoms with Gasteiger partial charge in [0.05, 0.1) is 0 Å². The summed E-state index contributed by atoms with van der Waals surface area (Å²) in [5.41, 5.74) is 0.781. The Morgan fingerprint density at radius 1 is 1.13 bits per heavy atom. The second-order valence-electron chi connectivity index (χ2n) is 6.10. The molecule has 1 aliphatic heterocycles. The maximum absolute atomic E-state index is 3.84. The molecule has 15 heavy (non-hydrogen) atoms. The Morgan fingerprint density at radius 3 is 2.33 bits per heavy atom. The Hall–Kier alpha value is -0.0800. The van der Waals surface area contributed by atoms with E-state index in [1.165, 1.54) is 58.2 Å². The van der Waals surface area contributed by atoms with Crippen molar-refractivity contribution in [1.29, 1.82) is 0 Å². The molecular weight excluding hydrogens is 184 g/mol. The average Bonchev–Trinajstić information content (AvgIpc) is 3.10. The van der Waals surface area contributed by atoms with Gasteiger partial charge in [0.2, 0.25) is 0 Å². The lowest BCUT2D eigenvalue weighted by molar-refractivity contribution is 0.225. The largest absolute Gasteiger partial charge is 0.313 e. The average molecular weight is 208 g/mol. The fourth-order valence-electron chi connectivity index (χ4n) is 3.15. The van der Waals surface area contributed by atoms with E-state index in [1.807, 2.05) is 0 Å². The number of piperidine rings is 1. The van der Waals surface area contributed by atoms with Gasteiger partial charge in [0.15, 0.2) is 0 Å². The second kappa shape index (κ2) is 3.74. The molecule has 0 unspecified atom stereocenters. The summed E-state index contributed by atoms with van der Waals surface area (Å²) in [4.78, 5) is 2.45. The molecule has 2 saturated carbocycles. The van der Waals surface area contributed by atoms with Gasteiger partial charge in [0.25, 0.3) is 0 Å². The number of rotatable bonds is 4. The number of hydrogen-bond donors (Lipinski definition) is 1. The highest BCUT2D eigenvalue weighted by Crippen LogP contribution is 2.60. The molecule has 86 valence electrons. The SMILES string of the molecule is CN1CCC(NCC2(C3CC3)CC2)CC1. The molecule has 1 saturated heterocycles. The third kappa shape index (κ3) is 2.21. The van der Waals surface area contributed by atoms with Gasteiger partial charge in [-0.05, 0) is 70.0 Å². The lowest BCUT2D eigenvalue weighted by atomic mass is 9.98. The second-order valence-corrected chi connectivity index (χ2v) is 6.10. The molecule has 3 rings (SSSR count). The molecule has 0 atom stereocenters. The minimum Gasteiger partial charge on any atom is -0.313 e. The van der Waals surface area contributed by atoms with E-state index < -0.39 is 0 Å². The number of hydrogen-bond acceptors (Lipinski definition) is 2. The molecule has 1 heterocycles. The van der Waals surface area contributed by atoms with Crippen LogP contribution in [0, 0.1) is 11.3 Å². The Morgan fingerprint density at radius 2 is 1.80 bits per heavy atom. The standard InChI is InChI=1S/C13H24N2/c1-15-8-4-12(5-9-15)14-10-13(6-7-13)11-2-3-11/h11-12,14H,2-10H2,1H3. The van der Waals surface area contributed by atoms with Gasteiger partial charge in [-0.15, -0.1) is 0 Å². The van der Waals surface area contributed by atoms with Crippen LogP contribution in [0.15, 0.2) is 0 Å². The third-order valence-electron chi connectivity index (χ3n) is 4.80. The van der Waals surface area contributed by atoms with Crippen molar-refractivity contribution in [1.82, 2.24) is 10.2 Å². The van der Waals surface area contributed by atoms with Gasteiger partial charge in [-0.2, -0.15) is 0 Å². The molecule has 3 fully saturated rings. The van der Waals surface area contributed by atoms with Crippen LogP contribution >= 0.6 is 0 Å². The fourth-order valence-corrected chi connectivity index (χ4v) is 3.15. The van der Waals surface area contributed by atoms with Gasteiger partial charge in [-0.3, -0.25) is 0 Å². The van der Waals surface area contributed by atoms with Crippen LogP contribution in [-0.2, 0) is 0 Å². The Bertz CT molecular complexity index is 223. The van der Waals surface area contributed by atoms with Crippen molar-refractivity contribution in [3.8, 4) is 0 Å². The first-order chi connectivity index (χ1) is 7.28. The summed E-state index contributed by atoms with van der Waals surface area (Å²) in [6.45, 7) is 3.90. The van der Waals surface area contributed by atoms with E-state index in [0.717, 1.165) is 17.4 Å². The molecule has 0 radical (unpaired) electrons. The predicted molar refractivity (Wildman–Crippen MR) is 62.9 cm³/mol. The summed E-state index contributed by atoms with van der Waals surface area (Å²) in [6, 6.07) is 0.817. The maximum atomic E-state index is 3.84. The summed E-state index contributed by atoms with van der Waals surface area (Å²) in [7, 11) is 2.24. The molecular formula is C13H24N2. The van der Waals surface area contributed by atoms with Crippen LogP contribution < -0.4 is 5.32 Å². The number of nitrogens with zero attached hydrogens (tertiary/aromatic N) is 1. The molecule has 0 aromatic rings. The van der Waals surface area contributed by atoms with E-state index in [2.05, 4.69) is 17.3 Å². The molecule has 1 N–H and O–H groups in total. The molecule has 2 aliphatic carbocycles. The molecule has 0 aromatic heterocycles. The Kier molecular flexibility index (Phi) is 2.52. The number of nitrogens with one attached hydrogen (secondary N) is 1. The van der Waals surface area contributed by atoms with Crippen LogP contribution in [0.3, 0.4) is 0 Å². The highest BCUT2D eigenvalue weighted by Gasteiger charge is 2.53. The zero-order valence-electron chi connectivity index (χ0n) is 9.97. The summed E-state index contributed by atoms with van der Waals surface area (Å²) in [6.07, 6.45) is 8.78. The molecule has 0 bridgehead atoms. The summed E-state index contributed by atoms with van der Waals surface area (Å²) in [5, 5.41) is 3.84. The van der Waals surface area contributed by atoms with Crippen molar-refractivity contribution >= 4 is 0 Å². The molecule has 2 heteroatoms. The van der Waals surface area contributed by atoms with Crippen LogP contribution in [0.5, 0.6) is 0 Å². The smallest absolute Gasteiger partial charge is 0.00916 e. The monoisotopic (exact) mass is 208 g/mol. The van der Waals surface area contributed by atoms with Crippen LogP contribution in [0.4, 0.5) is 0 Å². The molecule has 0 amide bonds. The van der Waals surface area contributed by atoms with Gasteiger partial charge in [0.1, 0.15) is 0 Å². The van der Waals surface area contributed by atoms with E-state index in [9.17, 15) is 0 Å². The highest BCUT2D eigenvalue weighted by molar-refractivity contribution is 5.05. The van der Waals surface area contributed by atoms with E-state index in [1.54, 1.807) is 0 Å². The third-order valence-corrected chi connectivity index (χ3v) is 4.80. The molecule has 0 aromatic carbocycles. The minimum absolute atomic E-state index is 0.781. The molecule has 0 spiro atoms. The molecule has 2 nitrogen and oxygen atoms in total. The van der Waals surface area contributed by atoms with E-state index >= 15 is 0 Å². The van der Waals surface area contributed by atoms with E-state index in [4.69, 9.17) is 0 Å². The van der Waals surface area contributed by atoms with Crippen molar-refractivity contribution < 1.29 is 0 Å². The summed E-state index contributed by atoms with van der Waals surface area (Å²) >= 11 is 0. The van der Waals surface area contributed by atoms with Gasteiger partial charge >= 0.3 is 0 Å². The van der Waals surface area contributed by atoms with Crippen molar-refractivity contribution in [2.24, 2.45) is 11.3 Å². The van der Waals surface area contributed by atoms with Crippen molar-refractivity contribution in [2.75, 3.05) is 26.7 Å². The predicted octanol–water partition coefficient (Wildman–Crippen LogP) is 1.86. The minimum atomic E-state index is 0.781. The zero-order chi connectivity index (χ0) is 10.3. The first kappa shape index (κ1) is 10.1. The van der Waals surface area contributed by atoms with Crippen molar-refractivity contribution in [2.45, 2.75) is 44.6 Å². The normalized spacial score (nSPS) is 31.8. The Balaban J connectivity index is 1.42. The van der Waals surface area contributed by atoms with Crippen LogP contribution in [0.1, 0.15) is 38.5 Å². The summed E-state index contributed by atoms with van der Waals surface area (Å²) in [5.74, 6) is 1.11. The van der Waals surface area contributed by atoms with E-state index in [-0.39, 0.29) is 0 Å². The summed E-state index contributed by atoms with van der Waals surface area (Å²) < 4.78 is 0. The van der Waals surface area contributed by atoms with Gasteiger partial charge in [-0.1, -0.05) is 0 Å². The van der Waals surface area contributed by atoms with Crippen LogP contribution in [-0.4, -0.2) is 37.6 Å². The van der Waals surface area contributed by atoms with Gasteiger partial charge in [-0.25, -0.2) is 0 Å². The van der Waals surface area contributed by atoms with E-state index in [0.29, 0.717) is 0 Å². The van der Waals surface area contributed by atoms with Crippen molar-refractivity contribution in [3.05, 3.63) is 0 Å². The first-order valence-corrected chi connectivity index (χ1v) is 6.70. The Labute approximate surface area is 93.4 Å². The number of likely N-dealkylation sites (tertiary alicyclic amines) is 1. The lowest BCUT2D eigenvalue weighted by Gasteiger charge is -2.31. The maximum Gasteiger partial charge on any atom is 0.00916 e. The lowest BCUT2D eigenvalue weighted by Crippen LogP contribution is -2.43. The molecule has 3 aliphatic rings. The highest BCUT2D eigenvalue weighted by atomic mass is 15.1. The zero-order valence-corrected chi connectivity index (χ0v) is 9.97. The van der Waals surface area contributed by atoms with Crippen LogP contribution in [0.2, 0.25) is 0 Å². The topological polar surface area (TPSA) is 15.3 Å². The van der Waals surface area contributed by atoms with Crippen molar-refractivity contribution in [3.63, 3.8) is 0 Å². The first-order valence-electron chi connectivity index (χ1n) is 6.70. The van der Waals surface area contributed by atoms with Gasteiger partial charge < -0.3 is 10.2 Å². The van der Waals surface area contributed by atoms with Crippen LogP contribution in [0.25, 0.3) is 0 Å². The van der Waals surface area contributed by atoms with Gasteiger partial charge in [0, 0.05) is 12.6 Å². The fraction of sp³-hybridized carbons (Fsp3) is 1.00. The quantitative estimate of drug-likeness (QED) is 0.758.